The lowest BCUT2D eigenvalue weighted by Gasteiger charge is -2.38. The molecule has 0 aliphatic carbocycles. The number of carbonyl (C=O) groups excluding carboxylic acids is 1. The van der Waals surface area contributed by atoms with Crippen molar-refractivity contribution in [3.63, 3.8) is 0 Å². The Morgan fingerprint density at radius 2 is 2.00 bits per heavy atom. The van der Waals surface area contributed by atoms with Gasteiger partial charge in [0.2, 0.25) is 5.82 Å². The Balaban J connectivity index is 1.44. The molecule has 14 heteroatoms. The highest BCUT2D eigenvalue weighted by Crippen LogP contribution is 2.45. The summed E-state index contributed by atoms with van der Waals surface area (Å²) in [5.41, 5.74) is 8.12. The van der Waals surface area contributed by atoms with Gasteiger partial charge < -0.3 is 20.7 Å². The minimum Gasteiger partial charge on any atom is -0.392 e. The highest BCUT2D eigenvalue weighted by Gasteiger charge is 2.46. The number of sulfone groups is 1. The Kier molecular flexibility index (Phi) is 5.68. The van der Waals surface area contributed by atoms with E-state index in [4.69, 9.17) is 10.7 Å². The van der Waals surface area contributed by atoms with Crippen LogP contribution in [0.3, 0.4) is 0 Å². The van der Waals surface area contributed by atoms with E-state index in [1.165, 1.54) is 29.2 Å². The van der Waals surface area contributed by atoms with Crippen molar-refractivity contribution in [3.8, 4) is 11.1 Å². The molecule has 2 aliphatic heterocycles. The molecule has 0 spiro atoms. The van der Waals surface area contributed by atoms with Crippen molar-refractivity contribution in [2.45, 2.75) is 55.2 Å². The van der Waals surface area contributed by atoms with Crippen LogP contribution in [0.4, 0.5) is 10.2 Å². The maximum Gasteiger partial charge on any atom is 0.292 e. The summed E-state index contributed by atoms with van der Waals surface area (Å²) in [6.45, 7) is -0.437. The Morgan fingerprint density at radius 1 is 1.26 bits per heavy atom. The number of aliphatic hydroxyl groups excluding tert-OH is 1. The number of nitrogens with zero attached hydrogens (tertiary/aromatic N) is 6. The first kappa shape index (κ1) is 24.4. The first-order chi connectivity index (χ1) is 18.2. The zero-order valence-electron chi connectivity index (χ0n) is 20.4. The van der Waals surface area contributed by atoms with E-state index in [0.717, 1.165) is 19.1 Å². The molecule has 12 nitrogen and oxygen atoms in total. The van der Waals surface area contributed by atoms with Gasteiger partial charge in [-0.05, 0) is 37.3 Å². The molecule has 1 amide bonds. The average Bonchev–Trinajstić information content (AvgIpc) is 3.61. The minimum absolute atomic E-state index is 0.0706. The predicted molar refractivity (Wildman–Crippen MR) is 133 cm³/mol. The van der Waals surface area contributed by atoms with Gasteiger partial charge in [-0.15, -0.1) is 10.2 Å². The first-order valence-corrected chi connectivity index (χ1v) is 14.0. The van der Waals surface area contributed by atoms with Gasteiger partial charge in [-0.1, -0.05) is 12.1 Å². The van der Waals surface area contributed by atoms with E-state index in [1.807, 2.05) is 4.90 Å². The lowest BCUT2D eigenvalue weighted by molar-refractivity contribution is 0.0556. The number of anilines is 1. The van der Waals surface area contributed by atoms with Crippen LogP contribution < -0.4 is 5.73 Å². The summed E-state index contributed by atoms with van der Waals surface area (Å²) in [6, 6.07) is 4.15. The molecule has 0 saturated carbocycles. The fraction of sp³-hybridized carbons (Fsp3) is 0.375. The number of aliphatic hydroxyl groups is 1. The number of hydrogen-bond acceptors (Lipinski definition) is 9. The second-order valence-corrected chi connectivity index (χ2v) is 11.8. The van der Waals surface area contributed by atoms with Crippen LogP contribution in [0.5, 0.6) is 0 Å². The summed E-state index contributed by atoms with van der Waals surface area (Å²) in [7, 11) is -3.80. The van der Waals surface area contributed by atoms with Gasteiger partial charge in [-0.2, -0.15) is 9.61 Å². The van der Waals surface area contributed by atoms with Crippen LogP contribution in [0, 0.1) is 5.82 Å². The number of nitrogen functional groups attached to an aromatic ring is 1. The standard InChI is InChI=1S/C24H25FN8O4S/c1-38(36,37)20-19(14-6-15-4-5-16(7-14)32(15)24(35)22-27-11-28-31-22)30-23-17(9-29-33(23)21(20)26)12-2-3-13(10-34)18(25)8-12/h2-3,8-9,11,14-16,34H,4-7,10,26H2,1H3,(H,27,28,31)/t14-,15+,16-. The summed E-state index contributed by atoms with van der Waals surface area (Å²) >= 11 is 0. The van der Waals surface area contributed by atoms with Crippen molar-refractivity contribution in [1.29, 1.82) is 0 Å². The largest absolute Gasteiger partial charge is 0.392 e. The number of rotatable bonds is 5. The molecule has 38 heavy (non-hydrogen) atoms. The van der Waals surface area contributed by atoms with E-state index in [1.54, 1.807) is 6.07 Å². The molecule has 1 aromatic carbocycles. The third-order valence-electron chi connectivity index (χ3n) is 7.54. The first-order valence-electron chi connectivity index (χ1n) is 12.1. The van der Waals surface area contributed by atoms with Gasteiger partial charge in [0.1, 0.15) is 22.9 Å². The molecule has 3 aromatic heterocycles. The number of nitrogens with two attached hydrogens (primary N) is 1. The molecule has 0 radical (unpaired) electrons. The molecule has 4 N–H and O–H groups in total. The average molecular weight is 541 g/mol. The van der Waals surface area contributed by atoms with Crippen molar-refractivity contribution < 1.29 is 22.7 Å². The SMILES string of the molecule is CS(=O)(=O)c1c([C@H]2C[C@H]3CC[C@@H](C2)N3C(=O)c2nnc[nH]2)nc2c(-c3ccc(CO)c(F)c3)cnn2c1N. The molecule has 0 unspecified atom stereocenters. The minimum atomic E-state index is -3.80. The molecule has 2 aliphatic rings. The Morgan fingerprint density at radius 3 is 2.61 bits per heavy atom. The van der Waals surface area contributed by atoms with Crippen LogP contribution in [0.25, 0.3) is 16.8 Å². The highest BCUT2D eigenvalue weighted by atomic mass is 32.2. The van der Waals surface area contributed by atoms with Crippen molar-refractivity contribution in [1.82, 2.24) is 34.7 Å². The van der Waals surface area contributed by atoms with Crippen molar-refractivity contribution >= 4 is 27.2 Å². The van der Waals surface area contributed by atoms with Crippen LogP contribution >= 0.6 is 0 Å². The highest BCUT2D eigenvalue weighted by molar-refractivity contribution is 7.91. The Bertz CT molecular complexity index is 1660. The normalized spacial score (nSPS) is 21.3. The molecule has 2 fully saturated rings. The second kappa shape index (κ2) is 8.84. The zero-order valence-corrected chi connectivity index (χ0v) is 21.2. The molecule has 6 rings (SSSR count). The van der Waals surface area contributed by atoms with Crippen LogP contribution in [0.2, 0.25) is 0 Å². The maximum absolute atomic E-state index is 14.5. The maximum atomic E-state index is 14.5. The molecule has 4 aromatic rings. The summed E-state index contributed by atoms with van der Waals surface area (Å²) in [4.78, 5) is 22.3. The fourth-order valence-electron chi connectivity index (χ4n) is 5.89. The van der Waals surface area contributed by atoms with E-state index in [9.17, 15) is 22.7 Å². The number of aromatic nitrogens is 6. The third-order valence-corrected chi connectivity index (χ3v) is 8.70. The number of benzene rings is 1. The van der Waals surface area contributed by atoms with Gasteiger partial charge in [-0.3, -0.25) is 4.79 Å². The van der Waals surface area contributed by atoms with Gasteiger partial charge in [0.05, 0.1) is 18.5 Å². The fourth-order valence-corrected chi connectivity index (χ4v) is 6.94. The lowest BCUT2D eigenvalue weighted by atomic mass is 9.87. The van der Waals surface area contributed by atoms with E-state index >= 15 is 0 Å². The molecule has 198 valence electrons. The summed E-state index contributed by atoms with van der Waals surface area (Å²) in [5, 5.41) is 21.1. The quantitative estimate of drug-likeness (QED) is 0.340. The van der Waals surface area contributed by atoms with Gasteiger partial charge in [0, 0.05) is 35.4 Å². The molecule has 5 heterocycles. The molecular formula is C24H25FN8O4S. The van der Waals surface area contributed by atoms with Crippen molar-refractivity contribution in [2.24, 2.45) is 0 Å². The molecular weight excluding hydrogens is 515 g/mol. The number of hydrogen-bond donors (Lipinski definition) is 3. The van der Waals surface area contributed by atoms with Gasteiger partial charge in [-0.25, -0.2) is 17.8 Å². The topological polar surface area (TPSA) is 172 Å². The Hall–Kier alpha value is -3.91. The van der Waals surface area contributed by atoms with Gasteiger partial charge in [0.25, 0.3) is 5.91 Å². The monoisotopic (exact) mass is 540 g/mol. The summed E-state index contributed by atoms with van der Waals surface area (Å²) in [6.07, 6.45) is 6.47. The third kappa shape index (κ3) is 3.82. The van der Waals surface area contributed by atoms with Crippen LogP contribution in [0.1, 0.15) is 53.5 Å². The van der Waals surface area contributed by atoms with E-state index in [0.29, 0.717) is 35.3 Å². The smallest absolute Gasteiger partial charge is 0.292 e. The van der Waals surface area contributed by atoms with Crippen molar-refractivity contribution in [3.05, 3.63) is 53.6 Å². The van der Waals surface area contributed by atoms with E-state index in [2.05, 4.69) is 20.3 Å². The summed E-state index contributed by atoms with van der Waals surface area (Å²) < 4.78 is 41.6. The molecule has 2 saturated heterocycles. The second-order valence-electron chi connectivity index (χ2n) is 9.84. The van der Waals surface area contributed by atoms with Crippen LogP contribution in [-0.2, 0) is 16.4 Å². The number of halogens is 1. The number of nitrogens with one attached hydrogen (secondary N) is 1. The van der Waals surface area contributed by atoms with Gasteiger partial charge >= 0.3 is 0 Å². The number of amides is 1. The lowest BCUT2D eigenvalue weighted by Crippen LogP contribution is -2.46. The van der Waals surface area contributed by atoms with Gasteiger partial charge in [0.15, 0.2) is 15.5 Å². The number of carbonyl (C=O) groups is 1. The van der Waals surface area contributed by atoms with Crippen molar-refractivity contribution in [2.75, 3.05) is 12.0 Å². The predicted octanol–water partition coefficient (Wildman–Crippen LogP) is 1.68. The Labute approximate surface area is 216 Å². The van der Waals surface area contributed by atoms with Crippen LogP contribution in [-0.4, -0.2) is 72.5 Å². The number of H-pyrrole nitrogens is 1. The van der Waals surface area contributed by atoms with E-state index < -0.39 is 22.3 Å². The number of aromatic amines is 1. The zero-order chi connectivity index (χ0) is 26.8. The van der Waals surface area contributed by atoms with E-state index in [-0.39, 0.29) is 46.0 Å². The molecule has 2 bridgehead atoms. The summed E-state index contributed by atoms with van der Waals surface area (Å²) in [5.74, 6) is -0.987. The number of fused-ring (bicyclic) bond motifs is 3. The van der Waals surface area contributed by atoms with Crippen LogP contribution in [0.15, 0.2) is 35.6 Å². The number of piperidine rings is 1. The molecule has 3 atom stereocenters.